The van der Waals surface area contributed by atoms with Crippen LogP contribution in [0.2, 0.25) is 0 Å². The van der Waals surface area contributed by atoms with E-state index in [4.69, 9.17) is 9.26 Å². The summed E-state index contributed by atoms with van der Waals surface area (Å²) in [6, 6.07) is 3.56. The third kappa shape index (κ3) is 6.70. The topological polar surface area (TPSA) is 96.9 Å². The summed E-state index contributed by atoms with van der Waals surface area (Å²) in [7, 11) is 1.84. The normalized spacial score (nSPS) is 19.9. The minimum absolute atomic E-state index is 0.00554. The number of nitrogens with zero attached hydrogens (tertiary/aromatic N) is 4. The predicted molar refractivity (Wildman–Crippen MR) is 135 cm³/mol. The van der Waals surface area contributed by atoms with E-state index in [0.29, 0.717) is 24.2 Å². The van der Waals surface area contributed by atoms with Crippen LogP contribution < -0.4 is 10.6 Å². The van der Waals surface area contributed by atoms with E-state index >= 15 is 0 Å². The largest absolute Gasteiger partial charge is 0.447 e. The zero-order valence-electron chi connectivity index (χ0n) is 21.6. The summed E-state index contributed by atoms with van der Waals surface area (Å²) in [6.07, 6.45) is 0.204. The number of amides is 1. The highest BCUT2D eigenvalue weighted by Gasteiger charge is 2.35. The molecular formula is C24H30F4N6O3S. The van der Waals surface area contributed by atoms with Crippen molar-refractivity contribution in [3.05, 3.63) is 30.3 Å². The van der Waals surface area contributed by atoms with Crippen LogP contribution in [0.4, 0.5) is 28.0 Å². The summed E-state index contributed by atoms with van der Waals surface area (Å²) in [5, 5.41) is 9.45. The van der Waals surface area contributed by atoms with Crippen molar-refractivity contribution >= 4 is 29.1 Å². The molecule has 2 N–H and O–H groups in total. The molecule has 3 atom stereocenters. The van der Waals surface area contributed by atoms with Crippen LogP contribution in [0.15, 0.2) is 33.9 Å². The Labute approximate surface area is 221 Å². The summed E-state index contributed by atoms with van der Waals surface area (Å²) in [6.45, 7) is 7.68. The molecule has 0 saturated carbocycles. The number of fused-ring (bicyclic) bond motifs is 1. The van der Waals surface area contributed by atoms with Crippen LogP contribution in [0, 0.1) is 0 Å². The molecule has 208 valence electrons. The molecule has 9 nitrogen and oxygen atoms in total. The first kappa shape index (κ1) is 28.0. The number of thioether (sulfide) groups is 1. The lowest BCUT2D eigenvalue weighted by Crippen LogP contribution is -2.46. The maximum Gasteiger partial charge on any atom is 0.447 e. The average Bonchev–Trinajstić information content (AvgIpc) is 3.39. The minimum Gasteiger partial charge on any atom is -0.444 e. The third-order valence-corrected chi connectivity index (χ3v) is 6.69. The van der Waals surface area contributed by atoms with Gasteiger partial charge in [0.15, 0.2) is 0 Å². The summed E-state index contributed by atoms with van der Waals surface area (Å²) < 4.78 is 67.2. The van der Waals surface area contributed by atoms with Crippen molar-refractivity contribution in [3.63, 3.8) is 0 Å². The van der Waals surface area contributed by atoms with Crippen LogP contribution in [0.5, 0.6) is 0 Å². The number of ether oxygens (including phenoxy) is 1. The molecular weight excluding hydrogens is 528 g/mol. The van der Waals surface area contributed by atoms with E-state index in [9.17, 15) is 22.4 Å². The van der Waals surface area contributed by atoms with Crippen molar-refractivity contribution < 1.29 is 31.6 Å². The van der Waals surface area contributed by atoms with Crippen molar-refractivity contribution in [2.45, 2.75) is 68.5 Å². The Balaban J connectivity index is 1.67. The van der Waals surface area contributed by atoms with Gasteiger partial charge in [0, 0.05) is 31.0 Å². The Hall–Kier alpha value is -3.00. The Kier molecular flexibility index (Phi) is 7.84. The zero-order valence-corrected chi connectivity index (χ0v) is 22.4. The fourth-order valence-electron chi connectivity index (χ4n) is 4.15. The number of pyridine rings is 1. The molecule has 0 unspecified atom stereocenters. The van der Waals surface area contributed by atoms with Crippen LogP contribution in [0.3, 0.4) is 0 Å². The monoisotopic (exact) mass is 558 g/mol. The number of nitrogens with one attached hydrogen (secondary N) is 2. The Bertz CT molecular complexity index is 1290. The molecule has 0 aromatic carbocycles. The third-order valence-electron chi connectivity index (χ3n) is 5.85. The lowest BCUT2D eigenvalue weighted by atomic mass is 10.0. The molecule has 14 heteroatoms. The van der Waals surface area contributed by atoms with E-state index in [2.05, 4.69) is 20.8 Å². The Morgan fingerprint density at radius 2 is 2.05 bits per heavy atom. The summed E-state index contributed by atoms with van der Waals surface area (Å²) in [4.78, 5) is 18.2. The fourth-order valence-corrected chi connectivity index (χ4v) is 4.89. The van der Waals surface area contributed by atoms with Gasteiger partial charge in [0.05, 0.1) is 27.8 Å². The highest BCUT2D eigenvalue weighted by atomic mass is 32.2. The zero-order chi connectivity index (χ0) is 27.8. The van der Waals surface area contributed by atoms with Crippen LogP contribution in [-0.2, 0) is 4.74 Å². The van der Waals surface area contributed by atoms with Gasteiger partial charge in [0.2, 0.25) is 11.7 Å². The van der Waals surface area contributed by atoms with E-state index in [0.717, 1.165) is 0 Å². The summed E-state index contributed by atoms with van der Waals surface area (Å²) in [5.74, 6) is -0.0871. The van der Waals surface area contributed by atoms with Crippen LogP contribution >= 0.6 is 11.8 Å². The molecule has 1 amide bonds. The molecule has 0 bridgehead atoms. The highest BCUT2D eigenvalue weighted by molar-refractivity contribution is 8.00. The number of likely N-dealkylation sites (tertiary alicyclic amines) is 1. The maximum atomic E-state index is 14.7. The van der Waals surface area contributed by atoms with Crippen molar-refractivity contribution in [1.29, 1.82) is 0 Å². The lowest BCUT2D eigenvalue weighted by Gasteiger charge is -2.33. The molecule has 3 aromatic rings. The minimum atomic E-state index is -4.59. The summed E-state index contributed by atoms with van der Waals surface area (Å²) >= 11 is -0.308. The number of alkyl halides is 4. The molecule has 1 aliphatic rings. The Morgan fingerprint density at radius 3 is 2.71 bits per heavy atom. The molecule has 1 aliphatic heterocycles. The van der Waals surface area contributed by atoms with E-state index in [-0.39, 0.29) is 40.6 Å². The number of aromatic nitrogens is 3. The highest BCUT2D eigenvalue weighted by Crippen LogP contribution is 2.44. The van der Waals surface area contributed by atoms with Crippen molar-refractivity contribution in [2.75, 3.05) is 25.5 Å². The number of carbonyl (C=O) groups is 1. The van der Waals surface area contributed by atoms with Crippen LogP contribution in [-0.4, -0.2) is 69.0 Å². The standard InChI is InChI=1S/C24H30F4N6O3S/c1-13(29-22(35)36-23(2,3)4)20-31-19(32-37-20)14-11-18-17(30-16-8-10-33(5)12-15(16)25)7-6-9-34(18)21(14)38-24(26,27)28/h6-7,9,11,13,15-16,30H,8,10,12H2,1-5H3,(H,29,35)/t13-,15-,16+/m0/s1. The number of anilines is 1. The molecule has 4 rings (SSSR count). The van der Waals surface area contributed by atoms with Gasteiger partial charge in [-0.1, -0.05) is 5.16 Å². The molecule has 38 heavy (non-hydrogen) atoms. The number of rotatable bonds is 6. The van der Waals surface area contributed by atoms with Gasteiger partial charge in [-0.05, 0) is 59.4 Å². The van der Waals surface area contributed by atoms with E-state index in [1.54, 1.807) is 39.8 Å². The van der Waals surface area contributed by atoms with Crippen molar-refractivity contribution in [1.82, 2.24) is 24.8 Å². The van der Waals surface area contributed by atoms with E-state index in [1.807, 2.05) is 11.9 Å². The maximum absolute atomic E-state index is 14.7. The number of halogens is 4. The Morgan fingerprint density at radius 1 is 1.32 bits per heavy atom. The van der Waals surface area contributed by atoms with Gasteiger partial charge < -0.3 is 29.2 Å². The van der Waals surface area contributed by atoms with Crippen LogP contribution in [0.1, 0.15) is 46.0 Å². The summed E-state index contributed by atoms with van der Waals surface area (Å²) in [5.41, 5.74) is -4.33. The van der Waals surface area contributed by atoms with Gasteiger partial charge in [-0.3, -0.25) is 0 Å². The van der Waals surface area contributed by atoms with E-state index < -0.39 is 35.5 Å². The second-order valence-corrected chi connectivity index (χ2v) is 11.3. The van der Waals surface area contributed by atoms with Gasteiger partial charge in [0.25, 0.3) is 0 Å². The number of alkyl carbamates (subject to hydrolysis) is 1. The molecule has 1 fully saturated rings. The van der Waals surface area contributed by atoms with Gasteiger partial charge in [0.1, 0.15) is 17.8 Å². The molecule has 3 aromatic heterocycles. The van der Waals surface area contributed by atoms with Gasteiger partial charge >= 0.3 is 11.6 Å². The first-order chi connectivity index (χ1) is 17.7. The van der Waals surface area contributed by atoms with Crippen molar-refractivity contribution in [3.8, 4) is 11.4 Å². The molecule has 1 saturated heterocycles. The first-order valence-electron chi connectivity index (χ1n) is 12.0. The van der Waals surface area contributed by atoms with Crippen molar-refractivity contribution in [2.24, 2.45) is 0 Å². The fraction of sp³-hybridized carbons (Fsp3) is 0.542. The van der Waals surface area contributed by atoms with Gasteiger partial charge in [-0.25, -0.2) is 9.18 Å². The average molecular weight is 559 g/mol. The molecule has 0 aliphatic carbocycles. The second-order valence-electron chi connectivity index (χ2n) is 10.2. The number of carbonyl (C=O) groups excluding carboxylic acids is 1. The smallest absolute Gasteiger partial charge is 0.444 e. The van der Waals surface area contributed by atoms with Gasteiger partial charge in [-0.2, -0.15) is 18.2 Å². The van der Waals surface area contributed by atoms with Crippen LogP contribution in [0.25, 0.3) is 16.9 Å². The predicted octanol–water partition coefficient (Wildman–Crippen LogP) is 5.64. The quantitative estimate of drug-likeness (QED) is 0.296. The number of hydrogen-bond donors (Lipinski definition) is 2. The molecule has 0 radical (unpaired) electrons. The number of hydrogen-bond acceptors (Lipinski definition) is 8. The van der Waals surface area contributed by atoms with E-state index in [1.165, 1.54) is 16.7 Å². The number of piperidine rings is 1. The second kappa shape index (κ2) is 10.6. The first-order valence-corrected chi connectivity index (χ1v) is 12.8. The molecule has 4 heterocycles. The molecule has 0 spiro atoms. The van der Waals surface area contributed by atoms with Gasteiger partial charge in [-0.15, -0.1) is 0 Å². The SMILES string of the molecule is C[C@H](NC(=O)OC(C)(C)C)c1nc(-c2cc3c(N[C@@H]4CCN(C)C[C@@H]4F)cccn3c2SC(F)(F)F)no1. The lowest BCUT2D eigenvalue weighted by molar-refractivity contribution is -0.0329.